The third-order valence-corrected chi connectivity index (χ3v) is 2.86. The molecule has 0 spiro atoms. The van der Waals surface area contributed by atoms with Gasteiger partial charge in [-0.1, -0.05) is 11.6 Å². The standard InChI is InChI=1S/C13H16ClNO3/c1-15-13(17)5-3-4-11(16)9-6-7-12(18-2)10(14)8-9/h6-8H,3-5H2,1-2H3,(H,15,17). The molecule has 1 amide bonds. The van der Waals surface area contributed by atoms with Gasteiger partial charge in [-0.25, -0.2) is 0 Å². The fourth-order valence-electron chi connectivity index (χ4n) is 1.52. The number of nitrogens with one attached hydrogen (secondary N) is 1. The normalized spacial score (nSPS) is 9.94. The highest BCUT2D eigenvalue weighted by Gasteiger charge is 2.09. The molecule has 0 heterocycles. The van der Waals surface area contributed by atoms with Crippen LogP contribution in [0.5, 0.6) is 5.75 Å². The van der Waals surface area contributed by atoms with Gasteiger partial charge in [-0.15, -0.1) is 0 Å². The lowest BCUT2D eigenvalue weighted by atomic mass is 10.1. The lowest BCUT2D eigenvalue weighted by molar-refractivity contribution is -0.120. The van der Waals surface area contributed by atoms with Crippen molar-refractivity contribution in [2.45, 2.75) is 19.3 Å². The van der Waals surface area contributed by atoms with Crippen LogP contribution in [-0.4, -0.2) is 25.8 Å². The second-order valence-electron chi connectivity index (χ2n) is 3.80. The van der Waals surface area contributed by atoms with Crippen LogP contribution in [0.3, 0.4) is 0 Å². The zero-order valence-electron chi connectivity index (χ0n) is 10.5. The first kappa shape index (κ1) is 14.5. The van der Waals surface area contributed by atoms with Crippen molar-refractivity contribution in [2.24, 2.45) is 0 Å². The number of methoxy groups -OCH3 is 1. The van der Waals surface area contributed by atoms with Gasteiger partial charge in [0.1, 0.15) is 5.75 Å². The van der Waals surface area contributed by atoms with Gasteiger partial charge in [-0.2, -0.15) is 0 Å². The number of carbonyl (C=O) groups excluding carboxylic acids is 2. The van der Waals surface area contributed by atoms with Gasteiger partial charge in [0.2, 0.25) is 5.91 Å². The van der Waals surface area contributed by atoms with Crippen LogP contribution < -0.4 is 10.1 Å². The van der Waals surface area contributed by atoms with E-state index in [4.69, 9.17) is 16.3 Å². The largest absolute Gasteiger partial charge is 0.495 e. The van der Waals surface area contributed by atoms with Crippen molar-refractivity contribution in [1.29, 1.82) is 0 Å². The summed E-state index contributed by atoms with van der Waals surface area (Å²) in [4.78, 5) is 22.8. The van der Waals surface area contributed by atoms with Gasteiger partial charge in [0, 0.05) is 25.5 Å². The SMILES string of the molecule is CNC(=O)CCCC(=O)c1ccc(OC)c(Cl)c1. The minimum atomic E-state index is -0.0597. The number of hydrogen-bond donors (Lipinski definition) is 1. The summed E-state index contributed by atoms with van der Waals surface area (Å²) in [5, 5.41) is 2.93. The number of amides is 1. The van der Waals surface area contributed by atoms with Crippen LogP contribution in [0.2, 0.25) is 5.02 Å². The minimum Gasteiger partial charge on any atom is -0.495 e. The highest BCUT2D eigenvalue weighted by atomic mass is 35.5. The van der Waals surface area contributed by atoms with E-state index in [1.54, 1.807) is 25.2 Å². The van der Waals surface area contributed by atoms with Crippen LogP contribution >= 0.6 is 11.6 Å². The Balaban J connectivity index is 2.56. The molecule has 0 saturated carbocycles. The van der Waals surface area contributed by atoms with E-state index in [1.165, 1.54) is 7.11 Å². The lowest BCUT2D eigenvalue weighted by Crippen LogP contribution is -2.17. The van der Waals surface area contributed by atoms with Crippen LogP contribution in [0.15, 0.2) is 18.2 Å². The molecule has 0 bridgehead atoms. The van der Waals surface area contributed by atoms with Crippen LogP contribution in [0.25, 0.3) is 0 Å². The molecule has 0 saturated heterocycles. The quantitative estimate of drug-likeness (QED) is 0.807. The van der Waals surface area contributed by atoms with Crippen molar-refractivity contribution in [3.8, 4) is 5.75 Å². The Hall–Kier alpha value is -1.55. The van der Waals surface area contributed by atoms with Gasteiger partial charge in [0.15, 0.2) is 5.78 Å². The second-order valence-corrected chi connectivity index (χ2v) is 4.21. The van der Waals surface area contributed by atoms with E-state index in [0.29, 0.717) is 35.6 Å². The maximum atomic E-state index is 11.8. The highest BCUT2D eigenvalue weighted by molar-refractivity contribution is 6.32. The first-order valence-corrected chi connectivity index (χ1v) is 6.03. The van der Waals surface area contributed by atoms with E-state index in [0.717, 1.165) is 0 Å². The van der Waals surface area contributed by atoms with E-state index in [1.807, 2.05) is 0 Å². The van der Waals surface area contributed by atoms with Crippen molar-refractivity contribution in [2.75, 3.05) is 14.2 Å². The van der Waals surface area contributed by atoms with Gasteiger partial charge in [0.25, 0.3) is 0 Å². The zero-order chi connectivity index (χ0) is 13.5. The molecule has 1 aromatic carbocycles. The Kier molecular flexibility index (Phi) is 5.65. The maximum Gasteiger partial charge on any atom is 0.219 e. The maximum absolute atomic E-state index is 11.8. The molecule has 0 aromatic heterocycles. The van der Waals surface area contributed by atoms with Crippen LogP contribution in [0.4, 0.5) is 0 Å². The van der Waals surface area contributed by atoms with Gasteiger partial charge in [-0.05, 0) is 24.6 Å². The Labute approximate surface area is 111 Å². The molecule has 1 aromatic rings. The Bertz CT molecular complexity index is 446. The molecule has 0 atom stereocenters. The number of rotatable bonds is 6. The van der Waals surface area contributed by atoms with Crippen molar-refractivity contribution in [3.05, 3.63) is 28.8 Å². The van der Waals surface area contributed by atoms with Crippen molar-refractivity contribution in [3.63, 3.8) is 0 Å². The number of benzene rings is 1. The molecule has 18 heavy (non-hydrogen) atoms. The Morgan fingerprint density at radius 1 is 1.33 bits per heavy atom. The van der Waals surface area contributed by atoms with E-state index in [9.17, 15) is 9.59 Å². The lowest BCUT2D eigenvalue weighted by Gasteiger charge is -2.05. The molecule has 98 valence electrons. The third kappa shape index (κ3) is 4.04. The fraction of sp³-hybridized carbons (Fsp3) is 0.385. The second kappa shape index (κ2) is 7.01. The van der Waals surface area contributed by atoms with E-state index < -0.39 is 0 Å². The minimum absolute atomic E-state index is 0.0246. The first-order chi connectivity index (χ1) is 8.58. The number of hydrogen-bond acceptors (Lipinski definition) is 3. The Morgan fingerprint density at radius 3 is 2.61 bits per heavy atom. The molecule has 1 N–H and O–H groups in total. The molecular weight excluding hydrogens is 254 g/mol. The molecule has 1 rings (SSSR count). The van der Waals surface area contributed by atoms with Crippen LogP contribution in [-0.2, 0) is 4.79 Å². The van der Waals surface area contributed by atoms with Gasteiger partial charge >= 0.3 is 0 Å². The summed E-state index contributed by atoms with van der Waals surface area (Å²) < 4.78 is 5.01. The highest BCUT2D eigenvalue weighted by Crippen LogP contribution is 2.25. The number of Topliss-reactive ketones (excluding diaryl/α,β-unsaturated/α-hetero) is 1. The van der Waals surface area contributed by atoms with Gasteiger partial charge < -0.3 is 10.1 Å². The van der Waals surface area contributed by atoms with E-state index >= 15 is 0 Å². The Morgan fingerprint density at radius 2 is 2.06 bits per heavy atom. The molecule has 0 aliphatic rings. The number of carbonyl (C=O) groups is 2. The van der Waals surface area contributed by atoms with Crippen molar-refractivity contribution < 1.29 is 14.3 Å². The molecule has 0 unspecified atom stereocenters. The topological polar surface area (TPSA) is 55.4 Å². The fourth-order valence-corrected chi connectivity index (χ4v) is 1.78. The molecule has 5 heteroatoms. The average Bonchev–Trinajstić information content (AvgIpc) is 2.38. The summed E-state index contributed by atoms with van der Waals surface area (Å²) in [6, 6.07) is 4.92. The molecule has 0 fully saturated rings. The molecule has 0 aliphatic carbocycles. The number of ketones is 1. The van der Waals surface area contributed by atoms with Crippen molar-refractivity contribution >= 4 is 23.3 Å². The van der Waals surface area contributed by atoms with Crippen molar-refractivity contribution in [1.82, 2.24) is 5.32 Å². The predicted molar refractivity (Wildman–Crippen MR) is 70.3 cm³/mol. The number of ether oxygens (including phenoxy) is 1. The summed E-state index contributed by atoms with van der Waals surface area (Å²) in [7, 11) is 3.10. The third-order valence-electron chi connectivity index (χ3n) is 2.56. The van der Waals surface area contributed by atoms with Gasteiger partial charge in [-0.3, -0.25) is 9.59 Å². The molecule has 0 aliphatic heterocycles. The first-order valence-electron chi connectivity index (χ1n) is 5.65. The van der Waals surface area contributed by atoms with E-state index in [2.05, 4.69) is 5.32 Å². The summed E-state index contributed by atoms with van der Waals surface area (Å²) in [5.74, 6) is 0.456. The van der Waals surface area contributed by atoms with Crippen LogP contribution in [0, 0.1) is 0 Å². The zero-order valence-corrected chi connectivity index (χ0v) is 11.2. The molecular formula is C13H16ClNO3. The average molecular weight is 270 g/mol. The predicted octanol–water partition coefficient (Wildman–Crippen LogP) is 2.45. The molecule has 4 nitrogen and oxygen atoms in total. The summed E-state index contributed by atoms with van der Waals surface area (Å²) in [5.41, 5.74) is 0.540. The van der Waals surface area contributed by atoms with Crippen LogP contribution in [0.1, 0.15) is 29.6 Å². The van der Waals surface area contributed by atoms with E-state index in [-0.39, 0.29) is 11.7 Å². The smallest absolute Gasteiger partial charge is 0.219 e. The summed E-state index contributed by atoms with van der Waals surface area (Å²) >= 11 is 5.94. The molecule has 0 radical (unpaired) electrons. The summed E-state index contributed by atoms with van der Waals surface area (Å²) in [6.45, 7) is 0. The van der Waals surface area contributed by atoms with Gasteiger partial charge in [0.05, 0.1) is 12.1 Å². The number of halogens is 1. The summed E-state index contributed by atoms with van der Waals surface area (Å²) in [6.07, 6.45) is 1.21. The monoisotopic (exact) mass is 269 g/mol.